The Balaban J connectivity index is 0. The van der Waals surface area contributed by atoms with Crippen LogP contribution >= 0.6 is 46.4 Å². The highest BCUT2D eigenvalue weighted by Gasteiger charge is 2.18. The molecule has 0 bridgehead atoms. The van der Waals surface area contributed by atoms with Gasteiger partial charge in [-0.3, -0.25) is 19.2 Å². The fourth-order valence-electron chi connectivity index (χ4n) is 1.38. The van der Waals surface area contributed by atoms with Crippen molar-refractivity contribution < 1.29 is 19.2 Å². The van der Waals surface area contributed by atoms with Crippen molar-refractivity contribution in [1.82, 2.24) is 0 Å². The molecule has 0 rings (SSSR count). The SMILES string of the molecule is CC(CCC(=O)Cl)C(=O)Cl.CCCCC(CC(=O)Cl)C(=O)Cl. The molecule has 0 fully saturated rings. The molecule has 8 heteroatoms. The number of hydrogen-bond donors (Lipinski definition) is 0. The maximum absolute atomic E-state index is 10.7. The van der Waals surface area contributed by atoms with Gasteiger partial charge in [-0.05, 0) is 59.2 Å². The molecular weight excluding hydrogens is 374 g/mol. The van der Waals surface area contributed by atoms with Crippen LogP contribution in [0.5, 0.6) is 0 Å². The van der Waals surface area contributed by atoms with Crippen molar-refractivity contribution in [2.75, 3.05) is 0 Å². The molecule has 0 saturated heterocycles. The fraction of sp³-hybridized carbons (Fsp3) is 0.714. The smallest absolute Gasteiger partial charge is 0.225 e. The number of unbranched alkanes of at least 4 members (excludes halogenated alkanes) is 1. The lowest BCUT2D eigenvalue weighted by molar-refractivity contribution is -0.120. The summed E-state index contributed by atoms with van der Waals surface area (Å²) in [5, 5.41) is -1.80. The van der Waals surface area contributed by atoms with Crippen LogP contribution in [0.3, 0.4) is 0 Å². The minimum Gasteiger partial charge on any atom is -0.281 e. The lowest BCUT2D eigenvalue weighted by Crippen LogP contribution is -2.11. The molecular formula is C14H20Cl4O4. The van der Waals surface area contributed by atoms with Crippen LogP contribution < -0.4 is 0 Å². The zero-order valence-corrected chi connectivity index (χ0v) is 15.6. The van der Waals surface area contributed by atoms with Crippen molar-refractivity contribution in [2.24, 2.45) is 11.8 Å². The Hall–Kier alpha value is -0.160. The van der Waals surface area contributed by atoms with Gasteiger partial charge >= 0.3 is 0 Å². The highest BCUT2D eigenvalue weighted by atomic mass is 35.5. The lowest BCUT2D eigenvalue weighted by atomic mass is 10.0. The molecule has 0 heterocycles. The molecule has 22 heavy (non-hydrogen) atoms. The molecule has 0 aromatic rings. The zero-order valence-electron chi connectivity index (χ0n) is 12.5. The van der Waals surface area contributed by atoms with Crippen molar-refractivity contribution in [3.8, 4) is 0 Å². The van der Waals surface area contributed by atoms with Gasteiger partial charge in [0.15, 0.2) is 0 Å². The first-order valence-electron chi connectivity index (χ1n) is 6.87. The van der Waals surface area contributed by atoms with Crippen LogP contribution in [0.2, 0.25) is 0 Å². The third-order valence-electron chi connectivity index (χ3n) is 2.80. The van der Waals surface area contributed by atoms with E-state index in [-0.39, 0.29) is 18.8 Å². The Labute approximate surface area is 150 Å². The molecule has 0 saturated carbocycles. The van der Waals surface area contributed by atoms with Crippen molar-refractivity contribution in [3.05, 3.63) is 0 Å². The van der Waals surface area contributed by atoms with E-state index < -0.39 is 26.9 Å². The van der Waals surface area contributed by atoms with Gasteiger partial charge in [-0.25, -0.2) is 0 Å². The second-order valence-electron chi connectivity index (χ2n) is 4.80. The van der Waals surface area contributed by atoms with E-state index in [1.54, 1.807) is 6.92 Å². The predicted octanol–water partition coefficient (Wildman–Crippen LogP) is 4.65. The predicted molar refractivity (Wildman–Crippen MR) is 89.5 cm³/mol. The van der Waals surface area contributed by atoms with E-state index in [0.717, 1.165) is 12.8 Å². The molecule has 0 aliphatic rings. The van der Waals surface area contributed by atoms with E-state index >= 15 is 0 Å². The first kappa shape index (κ1) is 24.1. The van der Waals surface area contributed by atoms with Crippen LogP contribution in [0.1, 0.15) is 52.4 Å². The van der Waals surface area contributed by atoms with Crippen LogP contribution in [0, 0.1) is 11.8 Å². The monoisotopic (exact) mass is 392 g/mol. The quantitative estimate of drug-likeness (QED) is 0.506. The first-order valence-corrected chi connectivity index (χ1v) is 8.38. The number of halogens is 4. The van der Waals surface area contributed by atoms with Crippen molar-refractivity contribution in [1.29, 1.82) is 0 Å². The van der Waals surface area contributed by atoms with E-state index in [1.807, 2.05) is 6.92 Å². The molecule has 0 aliphatic heterocycles. The number of rotatable bonds is 10. The van der Waals surface area contributed by atoms with E-state index in [1.165, 1.54) is 0 Å². The highest BCUT2D eigenvalue weighted by molar-refractivity contribution is 6.66. The summed E-state index contributed by atoms with van der Waals surface area (Å²) in [6, 6.07) is 0. The average Bonchev–Trinajstić information content (AvgIpc) is 2.40. The van der Waals surface area contributed by atoms with Crippen LogP contribution in [0.25, 0.3) is 0 Å². The third-order valence-corrected chi connectivity index (χ3v) is 3.82. The average molecular weight is 394 g/mol. The Morgan fingerprint density at radius 2 is 1.41 bits per heavy atom. The maximum Gasteiger partial charge on any atom is 0.225 e. The molecule has 2 unspecified atom stereocenters. The Morgan fingerprint density at radius 3 is 1.73 bits per heavy atom. The van der Waals surface area contributed by atoms with Gasteiger partial charge in [0.25, 0.3) is 0 Å². The summed E-state index contributed by atoms with van der Waals surface area (Å²) < 4.78 is 0. The Morgan fingerprint density at radius 1 is 0.864 bits per heavy atom. The van der Waals surface area contributed by atoms with Crippen LogP contribution in [0.15, 0.2) is 0 Å². The second-order valence-corrected chi connectivity index (χ2v) is 6.39. The Bertz CT molecular complexity index is 385. The lowest BCUT2D eigenvalue weighted by Gasteiger charge is -2.07. The van der Waals surface area contributed by atoms with Crippen molar-refractivity contribution in [2.45, 2.75) is 52.4 Å². The van der Waals surface area contributed by atoms with Crippen LogP contribution in [-0.2, 0) is 19.2 Å². The molecule has 0 aromatic carbocycles. The normalized spacial score (nSPS) is 12.6. The number of hydrogen-bond acceptors (Lipinski definition) is 4. The van der Waals surface area contributed by atoms with Crippen molar-refractivity contribution in [3.63, 3.8) is 0 Å². The summed E-state index contributed by atoms with van der Waals surface area (Å²) >= 11 is 20.6. The van der Waals surface area contributed by atoms with E-state index in [9.17, 15) is 19.2 Å². The first-order chi connectivity index (χ1) is 10.1. The molecule has 0 spiro atoms. The third kappa shape index (κ3) is 16.2. The summed E-state index contributed by atoms with van der Waals surface area (Å²) in [6.07, 6.45) is 3.23. The second kappa shape index (κ2) is 14.4. The van der Waals surface area contributed by atoms with Gasteiger partial charge in [-0.2, -0.15) is 0 Å². The number of carbonyl (C=O) groups is 4. The van der Waals surface area contributed by atoms with E-state index in [0.29, 0.717) is 12.8 Å². The highest BCUT2D eigenvalue weighted by Crippen LogP contribution is 2.17. The Kier molecular flexibility index (Phi) is 15.8. The molecule has 0 N–H and O–H groups in total. The fourth-order valence-corrected chi connectivity index (χ4v) is 1.97. The molecule has 2 atom stereocenters. The molecule has 128 valence electrons. The molecule has 4 nitrogen and oxygen atoms in total. The summed E-state index contributed by atoms with van der Waals surface area (Å²) in [5.41, 5.74) is 0. The van der Waals surface area contributed by atoms with Crippen LogP contribution in [0.4, 0.5) is 0 Å². The van der Waals surface area contributed by atoms with Crippen LogP contribution in [-0.4, -0.2) is 21.0 Å². The maximum atomic E-state index is 10.7. The molecule has 0 aliphatic carbocycles. The minimum atomic E-state index is -0.495. The largest absolute Gasteiger partial charge is 0.281 e. The van der Waals surface area contributed by atoms with Gasteiger partial charge in [0.2, 0.25) is 21.0 Å². The standard InChI is InChI=1S/C8H12Cl2O2.C6H8Cl2O2/c1-2-3-4-6(8(10)12)5-7(9)11;1-4(6(8)10)2-3-5(7)9/h6H,2-5H2,1H3;4H,2-3H2,1H3. The van der Waals surface area contributed by atoms with Gasteiger partial charge in [0, 0.05) is 24.7 Å². The van der Waals surface area contributed by atoms with Gasteiger partial charge in [0.05, 0.1) is 0 Å². The molecule has 0 radical (unpaired) electrons. The summed E-state index contributed by atoms with van der Waals surface area (Å²) in [6.45, 7) is 3.67. The summed E-state index contributed by atoms with van der Waals surface area (Å²) in [4.78, 5) is 41.8. The topological polar surface area (TPSA) is 68.3 Å². The number of carbonyl (C=O) groups excluding carboxylic acids is 4. The van der Waals surface area contributed by atoms with Gasteiger partial charge < -0.3 is 0 Å². The van der Waals surface area contributed by atoms with E-state index in [4.69, 9.17) is 46.4 Å². The van der Waals surface area contributed by atoms with Crippen molar-refractivity contribution >= 4 is 67.4 Å². The summed E-state index contributed by atoms with van der Waals surface area (Å²) in [7, 11) is 0. The van der Waals surface area contributed by atoms with Gasteiger partial charge in [-0.15, -0.1) is 0 Å². The summed E-state index contributed by atoms with van der Waals surface area (Å²) in [5.74, 6) is -0.666. The zero-order chi connectivity index (χ0) is 17.7. The van der Waals surface area contributed by atoms with Gasteiger partial charge in [0.1, 0.15) is 0 Å². The van der Waals surface area contributed by atoms with E-state index in [2.05, 4.69) is 0 Å². The molecule has 0 amide bonds. The molecule has 0 aromatic heterocycles. The minimum absolute atomic E-state index is 0.0594. The van der Waals surface area contributed by atoms with Gasteiger partial charge in [-0.1, -0.05) is 26.7 Å².